The quantitative estimate of drug-likeness (QED) is 0.832. The first-order chi connectivity index (χ1) is 9.84. The number of hydrogen-bond donors (Lipinski definition) is 0. The van der Waals surface area contributed by atoms with Gasteiger partial charge in [-0.2, -0.15) is 0 Å². The van der Waals surface area contributed by atoms with Crippen LogP contribution in [-0.2, 0) is 9.84 Å². The molecule has 2 aromatic carbocycles. The molecule has 0 aromatic heterocycles. The van der Waals surface area contributed by atoms with Gasteiger partial charge in [0.15, 0.2) is 15.6 Å². The van der Waals surface area contributed by atoms with Crippen LogP contribution >= 0.6 is 23.2 Å². The summed E-state index contributed by atoms with van der Waals surface area (Å²) >= 11 is 12.2. The molecule has 0 aliphatic heterocycles. The molecular formula is C14H12Cl2O4S. The van der Waals surface area contributed by atoms with E-state index < -0.39 is 9.84 Å². The average Bonchev–Trinajstić information content (AvgIpc) is 2.42. The molecule has 0 saturated carbocycles. The lowest BCUT2D eigenvalue weighted by Gasteiger charge is -2.15. The molecule has 0 aliphatic carbocycles. The van der Waals surface area contributed by atoms with Gasteiger partial charge in [-0.1, -0.05) is 41.4 Å². The first kappa shape index (κ1) is 15.9. The SMILES string of the molecule is COc1c(Cl)cc(Oc2ccccc2)c(Cl)c1S(C)(=O)=O. The molecule has 21 heavy (non-hydrogen) atoms. The summed E-state index contributed by atoms with van der Waals surface area (Å²) in [6.45, 7) is 0. The fourth-order valence-electron chi connectivity index (χ4n) is 1.78. The summed E-state index contributed by atoms with van der Waals surface area (Å²) in [6.07, 6.45) is 1.03. The van der Waals surface area contributed by atoms with E-state index in [1.807, 2.05) is 6.07 Å². The number of ether oxygens (including phenoxy) is 2. The van der Waals surface area contributed by atoms with E-state index in [1.165, 1.54) is 13.2 Å². The summed E-state index contributed by atoms with van der Waals surface area (Å²) in [7, 11) is -2.31. The molecule has 0 bridgehead atoms. The molecule has 0 radical (unpaired) electrons. The van der Waals surface area contributed by atoms with Crippen molar-refractivity contribution in [3.63, 3.8) is 0 Å². The summed E-state index contributed by atoms with van der Waals surface area (Å²) in [5.74, 6) is 0.666. The van der Waals surface area contributed by atoms with Crippen molar-refractivity contribution < 1.29 is 17.9 Å². The van der Waals surface area contributed by atoms with Crippen molar-refractivity contribution in [2.75, 3.05) is 13.4 Å². The van der Waals surface area contributed by atoms with Crippen LogP contribution in [0.15, 0.2) is 41.3 Å². The Labute approximate surface area is 133 Å². The average molecular weight is 347 g/mol. The number of halogens is 2. The highest BCUT2D eigenvalue weighted by Gasteiger charge is 2.25. The summed E-state index contributed by atoms with van der Waals surface area (Å²) in [6, 6.07) is 10.3. The van der Waals surface area contributed by atoms with Crippen LogP contribution in [0.5, 0.6) is 17.2 Å². The molecule has 0 fully saturated rings. The fraction of sp³-hybridized carbons (Fsp3) is 0.143. The van der Waals surface area contributed by atoms with Gasteiger partial charge in [-0.25, -0.2) is 8.42 Å². The molecule has 112 valence electrons. The van der Waals surface area contributed by atoms with Crippen molar-refractivity contribution in [2.45, 2.75) is 4.90 Å². The first-order valence-electron chi connectivity index (χ1n) is 5.83. The van der Waals surface area contributed by atoms with Crippen molar-refractivity contribution in [1.29, 1.82) is 0 Å². The van der Waals surface area contributed by atoms with Crippen LogP contribution in [-0.4, -0.2) is 21.8 Å². The van der Waals surface area contributed by atoms with Crippen LogP contribution in [0.1, 0.15) is 0 Å². The highest BCUT2D eigenvalue weighted by Crippen LogP contribution is 2.44. The predicted octanol–water partition coefficient (Wildman–Crippen LogP) is 4.20. The van der Waals surface area contributed by atoms with Gasteiger partial charge in [-0.05, 0) is 12.1 Å². The molecule has 7 heteroatoms. The monoisotopic (exact) mass is 346 g/mol. The van der Waals surface area contributed by atoms with Gasteiger partial charge in [-0.15, -0.1) is 0 Å². The third-order valence-corrected chi connectivity index (χ3v) is 4.54. The van der Waals surface area contributed by atoms with Crippen LogP contribution in [0.25, 0.3) is 0 Å². The van der Waals surface area contributed by atoms with Crippen molar-refractivity contribution >= 4 is 33.0 Å². The molecule has 0 heterocycles. The van der Waals surface area contributed by atoms with Gasteiger partial charge >= 0.3 is 0 Å². The van der Waals surface area contributed by atoms with Crippen molar-refractivity contribution in [1.82, 2.24) is 0 Å². The van der Waals surface area contributed by atoms with E-state index in [2.05, 4.69) is 0 Å². The zero-order chi connectivity index (χ0) is 15.6. The minimum absolute atomic E-state index is 0.00424. The van der Waals surface area contributed by atoms with Crippen molar-refractivity contribution in [2.24, 2.45) is 0 Å². The van der Waals surface area contributed by atoms with Crippen LogP contribution in [0.4, 0.5) is 0 Å². The van der Waals surface area contributed by atoms with E-state index in [4.69, 9.17) is 32.7 Å². The lowest BCUT2D eigenvalue weighted by atomic mass is 10.3. The largest absolute Gasteiger partial charge is 0.494 e. The van der Waals surface area contributed by atoms with Gasteiger partial charge in [0.2, 0.25) is 0 Å². The number of benzene rings is 2. The molecule has 4 nitrogen and oxygen atoms in total. The van der Waals surface area contributed by atoms with E-state index in [0.717, 1.165) is 6.26 Å². The number of hydrogen-bond acceptors (Lipinski definition) is 4. The normalized spacial score (nSPS) is 11.2. The second-order valence-corrected chi connectivity index (χ2v) is 6.96. The maximum Gasteiger partial charge on any atom is 0.180 e. The van der Waals surface area contributed by atoms with E-state index >= 15 is 0 Å². The zero-order valence-corrected chi connectivity index (χ0v) is 13.6. The lowest BCUT2D eigenvalue weighted by Crippen LogP contribution is -2.03. The molecule has 2 aromatic rings. The van der Waals surface area contributed by atoms with Gasteiger partial charge in [0, 0.05) is 12.3 Å². The third kappa shape index (κ3) is 3.43. The molecule has 0 atom stereocenters. The minimum Gasteiger partial charge on any atom is -0.494 e. The Morgan fingerprint density at radius 3 is 2.24 bits per heavy atom. The number of para-hydroxylation sites is 1. The molecule has 0 amide bonds. The molecule has 2 rings (SSSR count). The van der Waals surface area contributed by atoms with Gasteiger partial charge in [0.05, 0.1) is 12.1 Å². The molecule has 0 spiro atoms. The smallest absolute Gasteiger partial charge is 0.180 e. The Hall–Kier alpha value is -1.43. The van der Waals surface area contributed by atoms with Crippen molar-refractivity contribution in [3.8, 4) is 17.2 Å². The molecule has 0 unspecified atom stereocenters. The second kappa shape index (κ2) is 6.13. The fourth-order valence-corrected chi connectivity index (χ4v) is 3.66. The summed E-state index contributed by atoms with van der Waals surface area (Å²) in [5.41, 5.74) is 0. The van der Waals surface area contributed by atoms with E-state index in [-0.39, 0.29) is 26.4 Å². The Bertz CT molecular complexity index is 758. The van der Waals surface area contributed by atoms with E-state index in [1.54, 1.807) is 24.3 Å². The van der Waals surface area contributed by atoms with Gasteiger partial charge in [-0.3, -0.25) is 0 Å². The molecule has 0 N–H and O–H groups in total. The summed E-state index contributed by atoms with van der Waals surface area (Å²) in [5, 5.41) is 0.0378. The zero-order valence-electron chi connectivity index (χ0n) is 11.3. The van der Waals surface area contributed by atoms with Crippen LogP contribution in [0.3, 0.4) is 0 Å². The predicted molar refractivity (Wildman–Crippen MR) is 82.6 cm³/mol. The van der Waals surface area contributed by atoms with Gasteiger partial charge < -0.3 is 9.47 Å². The van der Waals surface area contributed by atoms with Crippen LogP contribution in [0, 0.1) is 0 Å². The lowest BCUT2D eigenvalue weighted by molar-refractivity contribution is 0.400. The topological polar surface area (TPSA) is 52.6 Å². The van der Waals surface area contributed by atoms with Crippen molar-refractivity contribution in [3.05, 3.63) is 46.4 Å². The summed E-state index contributed by atoms with van der Waals surface area (Å²) in [4.78, 5) is -0.190. The number of sulfone groups is 1. The third-order valence-electron chi connectivity index (χ3n) is 2.64. The Morgan fingerprint density at radius 2 is 1.71 bits per heavy atom. The Kier molecular flexibility index (Phi) is 4.66. The maximum absolute atomic E-state index is 11.9. The number of methoxy groups -OCH3 is 1. The molecular weight excluding hydrogens is 335 g/mol. The Balaban J connectivity index is 2.62. The second-order valence-electron chi connectivity index (χ2n) is 4.22. The number of rotatable bonds is 4. The highest BCUT2D eigenvalue weighted by atomic mass is 35.5. The van der Waals surface area contributed by atoms with Crippen LogP contribution < -0.4 is 9.47 Å². The molecule has 0 aliphatic rings. The van der Waals surface area contributed by atoms with Gasteiger partial charge in [0.25, 0.3) is 0 Å². The standard InChI is InChI=1S/C14H12Cl2O4S/c1-19-13-10(15)8-11(12(16)14(13)21(2,17)18)20-9-6-4-3-5-7-9/h3-8H,1-2H3. The molecule has 0 saturated heterocycles. The maximum atomic E-state index is 11.9. The minimum atomic E-state index is -3.63. The van der Waals surface area contributed by atoms with E-state index in [0.29, 0.717) is 5.75 Å². The summed E-state index contributed by atoms with van der Waals surface area (Å²) < 4.78 is 34.4. The van der Waals surface area contributed by atoms with Crippen LogP contribution in [0.2, 0.25) is 10.0 Å². The first-order valence-corrected chi connectivity index (χ1v) is 8.48. The van der Waals surface area contributed by atoms with E-state index in [9.17, 15) is 8.42 Å². The van der Waals surface area contributed by atoms with Gasteiger partial charge in [0.1, 0.15) is 21.4 Å². The highest BCUT2D eigenvalue weighted by molar-refractivity contribution is 7.91. The Morgan fingerprint density at radius 1 is 1.10 bits per heavy atom.